The third-order valence-electron chi connectivity index (χ3n) is 1.88. The van der Waals surface area contributed by atoms with Gasteiger partial charge in [-0.2, -0.15) is 0 Å². The number of halogens is 2. The highest BCUT2D eigenvalue weighted by atomic mass is 19.1. The maximum Gasteiger partial charge on any atom is 0.220 e. The molecular weight excluding hydrogens is 200 g/mol. The Kier molecular flexibility index (Phi) is 2.29. The molecular formula is C10H7F2N3. The highest BCUT2D eigenvalue weighted by Gasteiger charge is 2.07. The molecule has 5 heteroatoms. The van der Waals surface area contributed by atoms with Gasteiger partial charge in [0.2, 0.25) is 5.95 Å². The Bertz CT molecular complexity index is 483. The van der Waals surface area contributed by atoms with E-state index in [2.05, 4.69) is 9.97 Å². The lowest BCUT2D eigenvalue weighted by atomic mass is 10.1. The molecule has 15 heavy (non-hydrogen) atoms. The molecule has 0 saturated carbocycles. The second-order valence-corrected chi connectivity index (χ2v) is 2.93. The fourth-order valence-corrected chi connectivity index (χ4v) is 1.19. The Hall–Kier alpha value is -2.04. The molecule has 2 rings (SSSR count). The summed E-state index contributed by atoms with van der Waals surface area (Å²) in [5, 5.41) is 0. The van der Waals surface area contributed by atoms with Crippen LogP contribution in [0.3, 0.4) is 0 Å². The van der Waals surface area contributed by atoms with Crippen LogP contribution in [0, 0.1) is 11.6 Å². The van der Waals surface area contributed by atoms with Crippen molar-refractivity contribution >= 4 is 5.95 Å². The topological polar surface area (TPSA) is 51.8 Å². The van der Waals surface area contributed by atoms with Gasteiger partial charge < -0.3 is 5.73 Å². The average molecular weight is 207 g/mol. The SMILES string of the molecule is Nc1ncc(F)c(-c2ccc(F)cc2)n1. The number of benzene rings is 1. The van der Waals surface area contributed by atoms with Gasteiger partial charge >= 0.3 is 0 Å². The number of nitrogens with zero attached hydrogens (tertiary/aromatic N) is 2. The van der Waals surface area contributed by atoms with Gasteiger partial charge in [0.15, 0.2) is 5.82 Å². The fraction of sp³-hybridized carbons (Fsp3) is 0. The van der Waals surface area contributed by atoms with Gasteiger partial charge in [-0.1, -0.05) is 0 Å². The van der Waals surface area contributed by atoms with Crippen LogP contribution < -0.4 is 5.73 Å². The maximum atomic E-state index is 13.3. The van der Waals surface area contributed by atoms with Crippen molar-refractivity contribution in [2.24, 2.45) is 0 Å². The number of aromatic nitrogens is 2. The molecule has 2 aromatic rings. The van der Waals surface area contributed by atoms with E-state index in [-0.39, 0.29) is 17.5 Å². The van der Waals surface area contributed by atoms with Crippen LogP contribution >= 0.6 is 0 Å². The van der Waals surface area contributed by atoms with Crippen molar-refractivity contribution in [2.75, 3.05) is 5.73 Å². The Morgan fingerprint density at radius 2 is 1.73 bits per heavy atom. The van der Waals surface area contributed by atoms with Crippen LogP contribution in [0.4, 0.5) is 14.7 Å². The van der Waals surface area contributed by atoms with Crippen molar-refractivity contribution in [3.05, 3.63) is 42.1 Å². The molecule has 0 radical (unpaired) electrons. The van der Waals surface area contributed by atoms with E-state index in [1.54, 1.807) is 0 Å². The van der Waals surface area contributed by atoms with Crippen LogP contribution in [0.25, 0.3) is 11.3 Å². The summed E-state index contributed by atoms with van der Waals surface area (Å²) in [6, 6.07) is 5.32. The highest BCUT2D eigenvalue weighted by Crippen LogP contribution is 2.20. The van der Waals surface area contributed by atoms with Crippen LogP contribution in [0.15, 0.2) is 30.5 Å². The highest BCUT2D eigenvalue weighted by molar-refractivity contribution is 5.60. The molecule has 0 saturated heterocycles. The fourth-order valence-electron chi connectivity index (χ4n) is 1.19. The van der Waals surface area contributed by atoms with E-state index >= 15 is 0 Å². The van der Waals surface area contributed by atoms with Crippen molar-refractivity contribution in [3.8, 4) is 11.3 Å². The second-order valence-electron chi connectivity index (χ2n) is 2.93. The quantitative estimate of drug-likeness (QED) is 0.778. The van der Waals surface area contributed by atoms with Crippen LogP contribution in [-0.2, 0) is 0 Å². The Morgan fingerprint density at radius 1 is 1.07 bits per heavy atom. The molecule has 1 heterocycles. The molecule has 2 N–H and O–H groups in total. The van der Waals surface area contributed by atoms with E-state index in [9.17, 15) is 8.78 Å². The minimum Gasteiger partial charge on any atom is -0.368 e. The predicted octanol–water partition coefficient (Wildman–Crippen LogP) is 2.00. The van der Waals surface area contributed by atoms with Crippen molar-refractivity contribution in [3.63, 3.8) is 0 Å². The molecule has 0 unspecified atom stereocenters. The number of rotatable bonds is 1. The summed E-state index contributed by atoms with van der Waals surface area (Å²) in [4.78, 5) is 7.24. The summed E-state index contributed by atoms with van der Waals surface area (Å²) in [6.07, 6.45) is 0.987. The number of nitrogens with two attached hydrogens (primary N) is 1. The monoisotopic (exact) mass is 207 g/mol. The lowest BCUT2D eigenvalue weighted by molar-refractivity contribution is 0.617. The zero-order valence-electron chi connectivity index (χ0n) is 7.61. The Balaban J connectivity index is 2.53. The number of hydrogen-bond acceptors (Lipinski definition) is 3. The van der Waals surface area contributed by atoms with Crippen molar-refractivity contribution in [2.45, 2.75) is 0 Å². The molecule has 3 nitrogen and oxygen atoms in total. The zero-order valence-corrected chi connectivity index (χ0v) is 7.61. The van der Waals surface area contributed by atoms with Gasteiger partial charge in [0, 0.05) is 5.56 Å². The number of anilines is 1. The summed E-state index contributed by atoms with van der Waals surface area (Å²) in [6.45, 7) is 0. The van der Waals surface area contributed by atoms with E-state index in [0.29, 0.717) is 5.56 Å². The van der Waals surface area contributed by atoms with E-state index in [0.717, 1.165) is 6.20 Å². The van der Waals surface area contributed by atoms with Gasteiger partial charge in [0.1, 0.15) is 11.5 Å². The van der Waals surface area contributed by atoms with Gasteiger partial charge in [-0.3, -0.25) is 0 Å². The first kappa shape index (κ1) is 9.51. The van der Waals surface area contributed by atoms with E-state index in [1.165, 1.54) is 24.3 Å². The van der Waals surface area contributed by atoms with Gasteiger partial charge in [-0.15, -0.1) is 0 Å². The van der Waals surface area contributed by atoms with E-state index in [1.807, 2.05) is 0 Å². The molecule has 0 amide bonds. The van der Waals surface area contributed by atoms with Crippen molar-refractivity contribution < 1.29 is 8.78 Å². The van der Waals surface area contributed by atoms with Gasteiger partial charge in [0.25, 0.3) is 0 Å². The molecule has 1 aromatic carbocycles. The van der Waals surface area contributed by atoms with Crippen molar-refractivity contribution in [1.29, 1.82) is 0 Å². The summed E-state index contributed by atoms with van der Waals surface area (Å²) in [5.41, 5.74) is 5.86. The Labute approximate surface area is 84.6 Å². The van der Waals surface area contributed by atoms with Crippen LogP contribution in [-0.4, -0.2) is 9.97 Å². The first-order valence-corrected chi connectivity index (χ1v) is 4.21. The lowest BCUT2D eigenvalue weighted by Crippen LogP contribution is -1.98. The van der Waals surface area contributed by atoms with Gasteiger partial charge in [-0.25, -0.2) is 18.7 Å². The van der Waals surface area contributed by atoms with Crippen molar-refractivity contribution in [1.82, 2.24) is 9.97 Å². The minimum atomic E-state index is -0.587. The molecule has 0 aliphatic heterocycles. The molecule has 0 bridgehead atoms. The third-order valence-corrected chi connectivity index (χ3v) is 1.88. The van der Waals surface area contributed by atoms with Crippen LogP contribution in [0.1, 0.15) is 0 Å². The third kappa shape index (κ3) is 1.90. The molecule has 0 atom stereocenters. The molecule has 76 valence electrons. The van der Waals surface area contributed by atoms with Gasteiger partial charge in [0.05, 0.1) is 6.20 Å². The van der Waals surface area contributed by atoms with Gasteiger partial charge in [-0.05, 0) is 24.3 Å². The van der Waals surface area contributed by atoms with E-state index < -0.39 is 5.82 Å². The van der Waals surface area contributed by atoms with Crippen LogP contribution in [0.5, 0.6) is 0 Å². The number of hydrogen-bond donors (Lipinski definition) is 1. The molecule has 0 aliphatic rings. The second kappa shape index (κ2) is 3.61. The predicted molar refractivity (Wildman–Crippen MR) is 51.8 cm³/mol. The molecule has 0 aliphatic carbocycles. The minimum absolute atomic E-state index is 0.0178. The standard InChI is InChI=1S/C10H7F2N3/c11-7-3-1-6(2-4-7)9-8(12)5-14-10(13)15-9/h1-5H,(H2,13,14,15). The maximum absolute atomic E-state index is 13.3. The number of nitrogen functional groups attached to an aromatic ring is 1. The largest absolute Gasteiger partial charge is 0.368 e. The Morgan fingerprint density at radius 3 is 2.40 bits per heavy atom. The molecule has 0 spiro atoms. The summed E-state index contributed by atoms with van der Waals surface area (Å²) >= 11 is 0. The lowest BCUT2D eigenvalue weighted by Gasteiger charge is -2.02. The molecule has 1 aromatic heterocycles. The molecule has 0 fully saturated rings. The summed E-state index contributed by atoms with van der Waals surface area (Å²) < 4.78 is 25.9. The first-order valence-electron chi connectivity index (χ1n) is 4.21. The first-order chi connectivity index (χ1) is 7.16. The zero-order chi connectivity index (χ0) is 10.8. The summed E-state index contributed by atoms with van der Waals surface area (Å²) in [5.74, 6) is -0.993. The van der Waals surface area contributed by atoms with Crippen LogP contribution in [0.2, 0.25) is 0 Å². The smallest absolute Gasteiger partial charge is 0.220 e. The normalized spacial score (nSPS) is 10.3. The summed E-state index contributed by atoms with van der Waals surface area (Å²) in [7, 11) is 0. The van der Waals surface area contributed by atoms with E-state index in [4.69, 9.17) is 5.73 Å². The average Bonchev–Trinajstić information content (AvgIpc) is 2.23.